The lowest BCUT2D eigenvalue weighted by molar-refractivity contribution is -0.235. The molecule has 4 aliphatic rings. The number of nitrogens with one attached hydrogen (secondary N) is 3. The molecule has 180 valence electrons. The van der Waals surface area contributed by atoms with E-state index in [1.54, 1.807) is 0 Å². The fraction of sp³-hybridized carbons (Fsp3) is 0.571. The summed E-state index contributed by atoms with van der Waals surface area (Å²) in [5.74, 6) is -2.85. The summed E-state index contributed by atoms with van der Waals surface area (Å²) in [5, 5.41) is 16.8. The number of carboxylic acid groups (broad SMARTS) is 1. The fourth-order valence-corrected chi connectivity index (χ4v) is 6.69. The summed E-state index contributed by atoms with van der Waals surface area (Å²) < 4.78 is 41.4. The zero-order valence-corrected chi connectivity index (χ0v) is 18.8. The van der Waals surface area contributed by atoms with Crippen LogP contribution in [0.3, 0.4) is 0 Å². The number of carboxylic acids is 1. The molecule has 0 aromatic heterocycles. The molecule has 0 saturated heterocycles. The summed E-state index contributed by atoms with van der Waals surface area (Å²) in [6, 6.07) is 2.07. The van der Waals surface area contributed by atoms with E-state index in [0.29, 0.717) is 12.8 Å². The lowest BCUT2D eigenvalue weighted by Crippen LogP contribution is -2.57. The van der Waals surface area contributed by atoms with Crippen molar-refractivity contribution in [2.45, 2.75) is 49.9 Å². The van der Waals surface area contributed by atoms with E-state index in [2.05, 4.69) is 16.0 Å². The normalized spacial score (nSPS) is 30.7. The predicted octanol–water partition coefficient (Wildman–Crippen LogP) is 3.99. The minimum absolute atomic E-state index is 0.0270. The van der Waals surface area contributed by atoms with E-state index >= 15 is 0 Å². The van der Waals surface area contributed by atoms with Gasteiger partial charge >= 0.3 is 18.2 Å². The number of alkyl halides is 3. The molecule has 3 amide bonds. The molecule has 4 bridgehead atoms. The highest BCUT2D eigenvalue weighted by atomic mass is 35.5. The van der Waals surface area contributed by atoms with E-state index in [1.165, 1.54) is 18.2 Å². The van der Waals surface area contributed by atoms with Crippen LogP contribution >= 0.6 is 23.2 Å². The van der Waals surface area contributed by atoms with E-state index in [4.69, 9.17) is 23.2 Å². The Bertz CT molecular complexity index is 987. The number of urea groups is 1. The highest BCUT2D eigenvalue weighted by Crippen LogP contribution is 2.71. The number of rotatable bonds is 6. The average molecular weight is 508 g/mol. The molecule has 4 N–H and O–H groups in total. The van der Waals surface area contributed by atoms with Gasteiger partial charge in [-0.1, -0.05) is 29.3 Å². The first-order valence-corrected chi connectivity index (χ1v) is 11.2. The predicted molar refractivity (Wildman–Crippen MR) is 113 cm³/mol. The van der Waals surface area contributed by atoms with Gasteiger partial charge in [0.05, 0.1) is 27.6 Å². The molecule has 5 rings (SSSR count). The third kappa shape index (κ3) is 4.23. The third-order valence-electron chi connectivity index (χ3n) is 7.23. The number of aliphatic carboxylic acids is 1. The molecular weight excluding hydrogens is 486 g/mol. The van der Waals surface area contributed by atoms with Crippen molar-refractivity contribution in [3.63, 3.8) is 0 Å². The Balaban J connectivity index is 1.38. The van der Waals surface area contributed by atoms with Crippen molar-refractivity contribution >= 4 is 41.1 Å². The first-order chi connectivity index (χ1) is 15.4. The minimum atomic E-state index is -4.33. The maximum absolute atomic E-state index is 13.8. The van der Waals surface area contributed by atoms with Crippen LogP contribution in [0.1, 0.15) is 42.5 Å². The summed E-state index contributed by atoms with van der Waals surface area (Å²) >= 11 is 11.9. The topological polar surface area (TPSA) is 108 Å². The van der Waals surface area contributed by atoms with Crippen molar-refractivity contribution < 1.29 is 32.7 Å². The number of carbonyl (C=O) groups is 3. The number of halogens is 5. The SMILES string of the molecule is O=C(NC[C@H](NC(=O)c1c(Cl)cccc1Cl)C(=O)O)NC12CC3CC(C1)C(C(F)(F)F)(C3)C2. The standard InChI is InChI=1S/C21H22Cl2F3N3O4/c22-12-2-1-3-13(23)15(12)16(30)28-14(17(31)32)8-27-18(33)29-19-5-10-4-11(7-19)20(6-10,9-19)21(24,25)26/h1-3,10-11,14H,4-9H2,(H,28,30)(H,31,32)(H2,27,29,33)/t10?,11?,14-,19?,20?/m0/s1. The van der Waals surface area contributed by atoms with Crippen LogP contribution in [0.5, 0.6) is 0 Å². The van der Waals surface area contributed by atoms with Gasteiger partial charge in [0.1, 0.15) is 6.04 Å². The summed E-state index contributed by atoms with van der Waals surface area (Å²) in [7, 11) is 0. The molecule has 4 unspecified atom stereocenters. The van der Waals surface area contributed by atoms with Crippen LogP contribution in [0.25, 0.3) is 0 Å². The Hall–Kier alpha value is -2.20. The highest BCUT2D eigenvalue weighted by Gasteiger charge is 2.73. The van der Waals surface area contributed by atoms with Crippen LogP contribution in [0, 0.1) is 17.3 Å². The van der Waals surface area contributed by atoms with Gasteiger partial charge in [0.25, 0.3) is 5.91 Å². The van der Waals surface area contributed by atoms with Crippen LogP contribution in [0.4, 0.5) is 18.0 Å². The highest BCUT2D eigenvalue weighted by molar-refractivity contribution is 6.39. The van der Waals surface area contributed by atoms with Gasteiger partial charge in [0.2, 0.25) is 0 Å². The first-order valence-electron chi connectivity index (χ1n) is 10.5. The molecule has 1 aromatic carbocycles. The van der Waals surface area contributed by atoms with Crippen molar-refractivity contribution in [2.24, 2.45) is 17.3 Å². The quantitative estimate of drug-likeness (QED) is 0.466. The molecule has 12 heteroatoms. The minimum Gasteiger partial charge on any atom is -0.480 e. The Labute approximate surface area is 197 Å². The molecule has 0 aliphatic heterocycles. The molecule has 33 heavy (non-hydrogen) atoms. The molecule has 0 heterocycles. The van der Waals surface area contributed by atoms with E-state index in [1.807, 2.05) is 0 Å². The Morgan fingerprint density at radius 1 is 1.15 bits per heavy atom. The second-order valence-corrected chi connectivity index (χ2v) is 10.1. The molecule has 5 atom stereocenters. The number of hydrogen-bond acceptors (Lipinski definition) is 3. The van der Waals surface area contributed by atoms with Gasteiger partial charge < -0.3 is 21.1 Å². The summed E-state index contributed by atoms with van der Waals surface area (Å²) in [4.78, 5) is 36.6. The van der Waals surface area contributed by atoms with Crippen molar-refractivity contribution in [1.82, 2.24) is 16.0 Å². The zero-order valence-electron chi connectivity index (χ0n) is 17.3. The molecule has 4 fully saturated rings. The lowest BCUT2D eigenvalue weighted by Gasteiger charge is -2.42. The number of benzene rings is 1. The fourth-order valence-electron chi connectivity index (χ4n) is 6.12. The molecule has 4 aliphatic carbocycles. The van der Waals surface area contributed by atoms with Gasteiger partial charge in [-0.3, -0.25) is 4.79 Å². The van der Waals surface area contributed by atoms with Gasteiger partial charge in [-0.05, 0) is 56.1 Å². The second-order valence-electron chi connectivity index (χ2n) is 9.32. The molecule has 0 spiro atoms. The van der Waals surface area contributed by atoms with Crippen LogP contribution in [0.15, 0.2) is 18.2 Å². The summed E-state index contributed by atoms with van der Waals surface area (Å²) in [6.45, 7) is -0.484. The Kier molecular flexibility index (Phi) is 5.97. The average Bonchev–Trinajstić information content (AvgIpc) is 3.07. The van der Waals surface area contributed by atoms with Crippen LogP contribution in [-0.4, -0.2) is 47.3 Å². The smallest absolute Gasteiger partial charge is 0.394 e. The van der Waals surface area contributed by atoms with Gasteiger partial charge in [0.15, 0.2) is 0 Å². The number of amides is 3. The van der Waals surface area contributed by atoms with Gasteiger partial charge in [0, 0.05) is 5.54 Å². The molecule has 7 nitrogen and oxygen atoms in total. The third-order valence-corrected chi connectivity index (χ3v) is 7.86. The maximum Gasteiger partial charge on any atom is 0.394 e. The molecule has 4 saturated carbocycles. The van der Waals surface area contributed by atoms with Crippen molar-refractivity contribution in [2.75, 3.05) is 6.54 Å². The van der Waals surface area contributed by atoms with E-state index in [0.717, 1.165) is 0 Å². The van der Waals surface area contributed by atoms with Crippen molar-refractivity contribution in [1.29, 1.82) is 0 Å². The largest absolute Gasteiger partial charge is 0.480 e. The summed E-state index contributed by atoms with van der Waals surface area (Å²) in [6.07, 6.45) is -3.15. The van der Waals surface area contributed by atoms with Crippen LogP contribution in [-0.2, 0) is 4.79 Å². The zero-order chi connectivity index (χ0) is 24.2. The van der Waals surface area contributed by atoms with Crippen molar-refractivity contribution in [3.8, 4) is 0 Å². The van der Waals surface area contributed by atoms with Crippen LogP contribution < -0.4 is 16.0 Å². The molecule has 1 aromatic rings. The van der Waals surface area contributed by atoms with E-state index in [-0.39, 0.29) is 40.8 Å². The van der Waals surface area contributed by atoms with Crippen LogP contribution in [0.2, 0.25) is 10.0 Å². The first kappa shape index (κ1) is 23.9. The van der Waals surface area contributed by atoms with Gasteiger partial charge in [-0.25, -0.2) is 9.59 Å². The van der Waals surface area contributed by atoms with Gasteiger partial charge in [-0.2, -0.15) is 13.2 Å². The Morgan fingerprint density at radius 3 is 2.39 bits per heavy atom. The molecular formula is C21H22Cl2F3N3O4. The molecule has 0 radical (unpaired) electrons. The maximum atomic E-state index is 13.8. The monoisotopic (exact) mass is 507 g/mol. The second kappa shape index (κ2) is 8.23. The Morgan fingerprint density at radius 2 is 1.82 bits per heavy atom. The summed E-state index contributed by atoms with van der Waals surface area (Å²) in [5.41, 5.74) is -2.82. The van der Waals surface area contributed by atoms with Crippen molar-refractivity contribution in [3.05, 3.63) is 33.8 Å². The lowest BCUT2D eigenvalue weighted by atomic mass is 9.71. The van der Waals surface area contributed by atoms with E-state index < -0.39 is 53.5 Å². The number of hydrogen-bond donors (Lipinski definition) is 4. The number of carbonyl (C=O) groups excluding carboxylic acids is 2. The van der Waals surface area contributed by atoms with E-state index in [9.17, 15) is 32.7 Å². The van der Waals surface area contributed by atoms with Gasteiger partial charge in [-0.15, -0.1) is 0 Å².